The molecule has 1 atom stereocenters. The van der Waals surface area contributed by atoms with E-state index in [0.29, 0.717) is 22.4 Å². The summed E-state index contributed by atoms with van der Waals surface area (Å²) in [4.78, 5) is 8.59. The van der Waals surface area contributed by atoms with E-state index in [2.05, 4.69) is 16.0 Å². The zero-order chi connectivity index (χ0) is 23.4. The predicted octanol–water partition coefficient (Wildman–Crippen LogP) is 4.42. The minimum absolute atomic E-state index is 0.0834. The Hall–Kier alpha value is -4.09. The van der Waals surface area contributed by atoms with Gasteiger partial charge in [0, 0.05) is 54.0 Å². The molecule has 3 aromatic heterocycles. The molecule has 1 unspecified atom stereocenters. The standard InChI is InChI=1S/C25H20ClN7O/c1-32-25-21(22(31-32)14-2-3-14)20(18(13-27)23(28)34-25)17-5-4-16(12-19(17)26)33-11-10-30-24(33)15-6-8-29-9-7-15/h4-12,14,20H,2-3,28H2,1H3. The third kappa shape index (κ3) is 3.17. The number of ether oxygens (including phenoxy) is 1. The molecule has 0 bridgehead atoms. The summed E-state index contributed by atoms with van der Waals surface area (Å²) >= 11 is 6.88. The molecule has 1 aromatic carbocycles. The van der Waals surface area contributed by atoms with E-state index in [-0.39, 0.29) is 5.88 Å². The van der Waals surface area contributed by atoms with Crippen molar-refractivity contribution in [2.24, 2.45) is 12.8 Å². The van der Waals surface area contributed by atoms with Crippen molar-refractivity contribution in [3.05, 3.63) is 88.4 Å². The predicted molar refractivity (Wildman–Crippen MR) is 126 cm³/mol. The van der Waals surface area contributed by atoms with E-state index in [0.717, 1.165) is 46.7 Å². The molecule has 34 heavy (non-hydrogen) atoms. The molecule has 2 aliphatic rings. The molecule has 0 radical (unpaired) electrons. The fraction of sp³-hybridized carbons (Fsp3) is 0.200. The number of halogens is 1. The second kappa shape index (κ2) is 7.75. The Labute approximate surface area is 200 Å². The SMILES string of the molecule is Cn1nc(C2CC2)c2c1OC(N)=C(C#N)C2c1ccc(-n2ccnc2-c2ccncc2)cc1Cl. The van der Waals surface area contributed by atoms with Crippen LogP contribution in [0.1, 0.15) is 41.5 Å². The molecular weight excluding hydrogens is 450 g/mol. The lowest BCUT2D eigenvalue weighted by Gasteiger charge is -2.26. The zero-order valence-electron chi connectivity index (χ0n) is 18.3. The van der Waals surface area contributed by atoms with Crippen molar-refractivity contribution >= 4 is 11.6 Å². The lowest BCUT2D eigenvalue weighted by atomic mass is 9.83. The topological polar surface area (TPSA) is 108 Å². The van der Waals surface area contributed by atoms with Crippen LogP contribution in [0.4, 0.5) is 0 Å². The number of nitriles is 1. The molecule has 6 rings (SSSR count). The third-order valence-corrected chi connectivity index (χ3v) is 6.67. The maximum absolute atomic E-state index is 9.97. The lowest BCUT2D eigenvalue weighted by Crippen LogP contribution is -2.22. The first-order valence-electron chi connectivity index (χ1n) is 10.9. The fourth-order valence-electron chi connectivity index (χ4n) is 4.60. The third-order valence-electron chi connectivity index (χ3n) is 6.34. The maximum atomic E-state index is 9.97. The summed E-state index contributed by atoms with van der Waals surface area (Å²) in [6.45, 7) is 0. The molecule has 0 amide bonds. The van der Waals surface area contributed by atoms with Crippen LogP contribution in [-0.2, 0) is 7.05 Å². The van der Waals surface area contributed by atoms with Gasteiger partial charge < -0.3 is 10.5 Å². The van der Waals surface area contributed by atoms with Crippen LogP contribution in [-0.4, -0.2) is 24.3 Å². The van der Waals surface area contributed by atoms with Gasteiger partial charge in [0.1, 0.15) is 17.5 Å². The highest BCUT2D eigenvalue weighted by molar-refractivity contribution is 6.31. The van der Waals surface area contributed by atoms with Crippen LogP contribution in [0.3, 0.4) is 0 Å². The minimum Gasteiger partial charge on any atom is -0.422 e. The number of hydrogen-bond acceptors (Lipinski definition) is 6. The van der Waals surface area contributed by atoms with E-state index in [4.69, 9.17) is 27.2 Å². The number of aryl methyl sites for hydroxylation is 1. The van der Waals surface area contributed by atoms with Gasteiger partial charge in [-0.05, 0) is 42.7 Å². The van der Waals surface area contributed by atoms with Crippen molar-refractivity contribution in [3.63, 3.8) is 0 Å². The Morgan fingerprint density at radius 3 is 2.68 bits per heavy atom. The quantitative estimate of drug-likeness (QED) is 0.474. The smallest absolute Gasteiger partial charge is 0.224 e. The first-order chi connectivity index (χ1) is 16.6. The summed E-state index contributed by atoms with van der Waals surface area (Å²) in [6.07, 6.45) is 9.25. The molecule has 0 saturated heterocycles. The van der Waals surface area contributed by atoms with Crippen LogP contribution in [0.15, 0.2) is 66.6 Å². The molecule has 8 nitrogen and oxygen atoms in total. The highest BCUT2D eigenvalue weighted by Gasteiger charge is 2.41. The minimum atomic E-state index is -0.443. The van der Waals surface area contributed by atoms with E-state index in [1.807, 2.05) is 48.1 Å². The van der Waals surface area contributed by atoms with Gasteiger partial charge in [0.05, 0.1) is 17.2 Å². The molecule has 0 spiro atoms. The molecular formula is C25H20ClN7O. The number of nitrogens with two attached hydrogens (primary N) is 1. The van der Waals surface area contributed by atoms with Gasteiger partial charge in [-0.15, -0.1) is 0 Å². The van der Waals surface area contributed by atoms with Gasteiger partial charge >= 0.3 is 0 Å². The van der Waals surface area contributed by atoms with Crippen molar-refractivity contribution < 1.29 is 4.74 Å². The van der Waals surface area contributed by atoms with E-state index in [1.54, 1.807) is 23.3 Å². The number of rotatable bonds is 4. The van der Waals surface area contributed by atoms with Crippen LogP contribution < -0.4 is 10.5 Å². The van der Waals surface area contributed by atoms with Crippen molar-refractivity contribution in [1.29, 1.82) is 5.26 Å². The average Bonchev–Trinajstić information content (AvgIpc) is 3.48. The molecule has 4 heterocycles. The molecule has 1 fully saturated rings. The summed E-state index contributed by atoms with van der Waals surface area (Å²) in [6, 6.07) is 11.9. The Morgan fingerprint density at radius 2 is 1.97 bits per heavy atom. The van der Waals surface area contributed by atoms with Crippen LogP contribution in [0.25, 0.3) is 17.1 Å². The Bertz CT molecular complexity index is 1490. The van der Waals surface area contributed by atoms with Crippen molar-refractivity contribution in [2.75, 3.05) is 0 Å². The Morgan fingerprint density at radius 1 is 1.18 bits per heavy atom. The molecule has 168 valence electrons. The van der Waals surface area contributed by atoms with Gasteiger partial charge in [-0.25, -0.2) is 9.67 Å². The fourth-order valence-corrected chi connectivity index (χ4v) is 4.88. The second-order valence-electron chi connectivity index (χ2n) is 8.49. The molecule has 1 saturated carbocycles. The van der Waals surface area contributed by atoms with Gasteiger partial charge in [0.2, 0.25) is 11.8 Å². The highest BCUT2D eigenvalue weighted by Crippen LogP contribution is 2.51. The molecule has 2 N–H and O–H groups in total. The van der Waals surface area contributed by atoms with Crippen LogP contribution in [0.5, 0.6) is 5.88 Å². The largest absolute Gasteiger partial charge is 0.422 e. The summed E-state index contributed by atoms with van der Waals surface area (Å²) in [5.41, 5.74) is 10.9. The maximum Gasteiger partial charge on any atom is 0.224 e. The summed E-state index contributed by atoms with van der Waals surface area (Å²) in [5.74, 6) is 1.36. The number of aromatic nitrogens is 5. The number of hydrogen-bond donors (Lipinski definition) is 1. The number of imidazole rings is 1. The van der Waals surface area contributed by atoms with E-state index in [1.165, 1.54) is 0 Å². The molecule has 1 aliphatic carbocycles. The lowest BCUT2D eigenvalue weighted by molar-refractivity contribution is 0.358. The Kier molecular flexibility index (Phi) is 4.67. The normalized spacial score (nSPS) is 17.3. The zero-order valence-corrected chi connectivity index (χ0v) is 19.1. The van der Waals surface area contributed by atoms with Crippen molar-refractivity contribution in [1.82, 2.24) is 24.3 Å². The van der Waals surface area contributed by atoms with Crippen LogP contribution in [0, 0.1) is 11.3 Å². The Balaban J connectivity index is 1.48. The van der Waals surface area contributed by atoms with Crippen molar-refractivity contribution in [3.8, 4) is 29.0 Å². The number of fused-ring (bicyclic) bond motifs is 1. The first-order valence-corrected chi connectivity index (χ1v) is 11.3. The number of allylic oxidation sites excluding steroid dienone is 1. The second-order valence-corrected chi connectivity index (χ2v) is 8.90. The number of nitrogens with zero attached hydrogens (tertiary/aromatic N) is 6. The number of pyridine rings is 1. The monoisotopic (exact) mass is 469 g/mol. The van der Waals surface area contributed by atoms with Gasteiger partial charge in [-0.3, -0.25) is 9.55 Å². The van der Waals surface area contributed by atoms with Gasteiger partial charge in [-0.1, -0.05) is 17.7 Å². The summed E-state index contributed by atoms with van der Waals surface area (Å²) in [5, 5.41) is 15.2. The summed E-state index contributed by atoms with van der Waals surface area (Å²) < 4.78 is 9.51. The highest BCUT2D eigenvalue weighted by atomic mass is 35.5. The average molecular weight is 470 g/mol. The van der Waals surface area contributed by atoms with Gasteiger partial charge in [-0.2, -0.15) is 10.4 Å². The molecule has 4 aromatic rings. The summed E-state index contributed by atoms with van der Waals surface area (Å²) in [7, 11) is 1.83. The van der Waals surface area contributed by atoms with Gasteiger partial charge in [0.25, 0.3) is 0 Å². The molecule has 9 heteroatoms. The van der Waals surface area contributed by atoms with Crippen molar-refractivity contribution in [2.45, 2.75) is 24.7 Å². The van der Waals surface area contributed by atoms with E-state index >= 15 is 0 Å². The van der Waals surface area contributed by atoms with Crippen LogP contribution in [0.2, 0.25) is 5.02 Å². The van der Waals surface area contributed by atoms with E-state index < -0.39 is 5.92 Å². The molecule has 1 aliphatic heterocycles. The van der Waals surface area contributed by atoms with Crippen LogP contribution >= 0.6 is 11.6 Å². The van der Waals surface area contributed by atoms with Gasteiger partial charge in [0.15, 0.2) is 0 Å². The number of benzene rings is 1. The van der Waals surface area contributed by atoms with E-state index in [9.17, 15) is 5.26 Å². The first kappa shape index (κ1) is 20.5.